The van der Waals surface area contributed by atoms with Crippen LogP contribution in [0.2, 0.25) is 0 Å². The van der Waals surface area contributed by atoms with Gasteiger partial charge in [-0.25, -0.2) is 4.98 Å². The molecule has 1 aromatic rings. The zero-order chi connectivity index (χ0) is 13.1. The van der Waals surface area contributed by atoms with Crippen LogP contribution >= 0.6 is 0 Å². The first-order valence-corrected chi connectivity index (χ1v) is 6.44. The van der Waals surface area contributed by atoms with Gasteiger partial charge in [0.15, 0.2) is 0 Å². The van der Waals surface area contributed by atoms with Gasteiger partial charge in [0.25, 0.3) is 5.69 Å². The van der Waals surface area contributed by atoms with Crippen LogP contribution in [-0.4, -0.2) is 15.9 Å². The fourth-order valence-corrected chi connectivity index (χ4v) is 2.04. The van der Waals surface area contributed by atoms with Gasteiger partial charge < -0.3 is 5.32 Å². The first-order chi connectivity index (χ1) is 8.56. The summed E-state index contributed by atoms with van der Waals surface area (Å²) >= 11 is 0. The van der Waals surface area contributed by atoms with Crippen molar-refractivity contribution in [3.8, 4) is 0 Å². The van der Waals surface area contributed by atoms with E-state index in [0.717, 1.165) is 18.2 Å². The Morgan fingerprint density at radius 1 is 1.61 bits per heavy atom. The molecular weight excluding hydrogens is 230 g/mol. The third kappa shape index (κ3) is 3.42. The lowest BCUT2D eigenvalue weighted by Gasteiger charge is -2.14. The Bertz CT molecular complexity index is 444. The van der Waals surface area contributed by atoms with E-state index in [1.165, 1.54) is 25.5 Å². The van der Waals surface area contributed by atoms with Crippen LogP contribution < -0.4 is 5.32 Å². The summed E-state index contributed by atoms with van der Waals surface area (Å²) < 4.78 is 0. The minimum Gasteiger partial charge on any atom is -0.368 e. The van der Waals surface area contributed by atoms with E-state index in [1.807, 2.05) is 0 Å². The van der Waals surface area contributed by atoms with Crippen LogP contribution in [0.15, 0.2) is 12.3 Å². The fraction of sp³-hybridized carbons (Fsp3) is 0.615. The molecule has 1 aliphatic rings. The quantitative estimate of drug-likeness (QED) is 0.620. The molecule has 1 fully saturated rings. The second-order valence-corrected chi connectivity index (χ2v) is 5.18. The maximum Gasteiger partial charge on any atom is 0.290 e. The minimum atomic E-state index is -0.400. The molecule has 0 aliphatic heterocycles. The van der Waals surface area contributed by atoms with Crippen molar-refractivity contribution in [1.29, 1.82) is 0 Å². The van der Waals surface area contributed by atoms with Crippen LogP contribution in [0.3, 0.4) is 0 Å². The molecule has 1 aliphatic carbocycles. The van der Waals surface area contributed by atoms with Crippen molar-refractivity contribution in [3.05, 3.63) is 27.9 Å². The van der Waals surface area contributed by atoms with E-state index in [1.54, 1.807) is 13.0 Å². The maximum atomic E-state index is 10.7. The number of pyridine rings is 1. The summed E-state index contributed by atoms with van der Waals surface area (Å²) in [6.45, 7) is 3.86. The maximum absolute atomic E-state index is 10.7. The van der Waals surface area contributed by atoms with E-state index in [2.05, 4.69) is 17.2 Å². The average molecular weight is 249 g/mol. The zero-order valence-corrected chi connectivity index (χ0v) is 10.8. The Morgan fingerprint density at radius 3 is 2.89 bits per heavy atom. The first kappa shape index (κ1) is 12.8. The van der Waals surface area contributed by atoms with Crippen molar-refractivity contribution >= 4 is 11.5 Å². The molecule has 18 heavy (non-hydrogen) atoms. The predicted molar refractivity (Wildman–Crippen MR) is 70.7 cm³/mol. The predicted octanol–water partition coefficient (Wildman–Crippen LogP) is 3.29. The second kappa shape index (κ2) is 5.33. The number of nitrogens with zero attached hydrogens (tertiary/aromatic N) is 2. The SMILES string of the molecule is Cc1cc(NC(C)CCC2CC2)ncc1[N+](=O)[O-]. The van der Waals surface area contributed by atoms with Crippen LogP contribution in [0, 0.1) is 23.0 Å². The largest absolute Gasteiger partial charge is 0.368 e. The van der Waals surface area contributed by atoms with Crippen LogP contribution in [-0.2, 0) is 0 Å². The summed E-state index contributed by atoms with van der Waals surface area (Å²) in [5.74, 6) is 1.65. The van der Waals surface area contributed by atoms with Crippen molar-refractivity contribution in [1.82, 2.24) is 4.98 Å². The highest BCUT2D eigenvalue weighted by Crippen LogP contribution is 2.34. The van der Waals surface area contributed by atoms with Gasteiger partial charge in [-0.15, -0.1) is 0 Å². The topological polar surface area (TPSA) is 68.1 Å². The van der Waals surface area contributed by atoms with Gasteiger partial charge in [-0.3, -0.25) is 10.1 Å². The van der Waals surface area contributed by atoms with E-state index >= 15 is 0 Å². The standard InChI is InChI=1S/C13H19N3O2/c1-9-7-13(14-8-12(9)16(17)18)15-10(2)3-4-11-5-6-11/h7-8,10-11H,3-6H2,1-2H3,(H,14,15). The molecule has 5 heteroatoms. The lowest BCUT2D eigenvalue weighted by atomic mass is 10.1. The summed E-state index contributed by atoms with van der Waals surface area (Å²) in [4.78, 5) is 14.4. The highest BCUT2D eigenvalue weighted by atomic mass is 16.6. The average Bonchev–Trinajstić information content (AvgIpc) is 3.09. The third-order valence-corrected chi connectivity index (χ3v) is 3.38. The van der Waals surface area contributed by atoms with Gasteiger partial charge in [-0.2, -0.15) is 0 Å². The van der Waals surface area contributed by atoms with E-state index in [9.17, 15) is 10.1 Å². The molecule has 1 N–H and O–H groups in total. The molecule has 1 unspecified atom stereocenters. The van der Waals surface area contributed by atoms with E-state index in [4.69, 9.17) is 0 Å². The fourth-order valence-electron chi connectivity index (χ4n) is 2.04. The molecule has 0 bridgehead atoms. The normalized spacial score (nSPS) is 16.3. The van der Waals surface area contributed by atoms with Crippen molar-refractivity contribution in [3.63, 3.8) is 0 Å². The Labute approximate surface area is 107 Å². The Balaban J connectivity index is 1.91. The highest BCUT2D eigenvalue weighted by molar-refractivity contribution is 5.47. The molecule has 0 amide bonds. The Hall–Kier alpha value is -1.65. The van der Waals surface area contributed by atoms with Crippen LogP contribution in [0.1, 0.15) is 38.2 Å². The lowest BCUT2D eigenvalue weighted by Crippen LogP contribution is -2.16. The Kier molecular flexibility index (Phi) is 3.79. The molecule has 1 heterocycles. The van der Waals surface area contributed by atoms with Gasteiger partial charge in [0.2, 0.25) is 0 Å². The summed E-state index contributed by atoms with van der Waals surface area (Å²) in [5.41, 5.74) is 0.720. The number of hydrogen-bond donors (Lipinski definition) is 1. The molecule has 98 valence electrons. The molecule has 0 spiro atoms. The summed E-state index contributed by atoms with van der Waals surface area (Å²) in [6.07, 6.45) is 6.47. The number of anilines is 1. The summed E-state index contributed by atoms with van der Waals surface area (Å²) in [7, 11) is 0. The van der Waals surface area contributed by atoms with Gasteiger partial charge >= 0.3 is 0 Å². The number of rotatable bonds is 6. The minimum absolute atomic E-state index is 0.0752. The van der Waals surface area contributed by atoms with Crippen LogP contribution in [0.5, 0.6) is 0 Å². The second-order valence-electron chi connectivity index (χ2n) is 5.18. The van der Waals surface area contributed by atoms with Crippen LogP contribution in [0.4, 0.5) is 11.5 Å². The Morgan fingerprint density at radius 2 is 2.33 bits per heavy atom. The number of nitro groups is 1. The number of hydrogen-bond acceptors (Lipinski definition) is 4. The molecular formula is C13H19N3O2. The molecule has 0 radical (unpaired) electrons. The lowest BCUT2D eigenvalue weighted by molar-refractivity contribution is -0.385. The molecule has 2 rings (SSSR count). The van der Waals surface area contributed by atoms with Crippen molar-refractivity contribution in [2.45, 2.75) is 45.6 Å². The molecule has 5 nitrogen and oxygen atoms in total. The van der Waals surface area contributed by atoms with Crippen LogP contribution in [0.25, 0.3) is 0 Å². The smallest absolute Gasteiger partial charge is 0.290 e. The van der Waals surface area contributed by atoms with Gasteiger partial charge in [0.05, 0.1) is 4.92 Å². The first-order valence-electron chi connectivity index (χ1n) is 6.44. The summed E-state index contributed by atoms with van der Waals surface area (Å²) in [6, 6.07) is 2.10. The number of aromatic nitrogens is 1. The van der Waals surface area contributed by atoms with E-state index in [-0.39, 0.29) is 5.69 Å². The van der Waals surface area contributed by atoms with Gasteiger partial charge in [-0.1, -0.05) is 12.8 Å². The number of aryl methyl sites for hydroxylation is 1. The zero-order valence-electron chi connectivity index (χ0n) is 10.8. The molecule has 1 aromatic heterocycles. The molecule has 1 saturated carbocycles. The highest BCUT2D eigenvalue weighted by Gasteiger charge is 2.21. The van der Waals surface area contributed by atoms with E-state index in [0.29, 0.717) is 11.6 Å². The van der Waals surface area contributed by atoms with Crippen molar-refractivity contribution in [2.24, 2.45) is 5.92 Å². The number of nitrogens with one attached hydrogen (secondary N) is 1. The van der Waals surface area contributed by atoms with Crippen molar-refractivity contribution in [2.75, 3.05) is 5.32 Å². The van der Waals surface area contributed by atoms with Gasteiger partial charge in [0, 0.05) is 11.6 Å². The third-order valence-electron chi connectivity index (χ3n) is 3.38. The van der Waals surface area contributed by atoms with Gasteiger partial charge in [0.1, 0.15) is 12.0 Å². The van der Waals surface area contributed by atoms with E-state index < -0.39 is 4.92 Å². The molecule has 0 aromatic carbocycles. The monoisotopic (exact) mass is 249 g/mol. The molecule has 0 saturated heterocycles. The summed E-state index contributed by atoms with van der Waals surface area (Å²) in [5, 5.41) is 14.0. The van der Waals surface area contributed by atoms with Crippen molar-refractivity contribution < 1.29 is 4.92 Å². The molecule has 1 atom stereocenters. The van der Waals surface area contributed by atoms with Gasteiger partial charge in [-0.05, 0) is 38.7 Å².